The van der Waals surface area contributed by atoms with Gasteiger partial charge in [-0.05, 0) is 13.0 Å². The van der Waals surface area contributed by atoms with Crippen molar-refractivity contribution in [3.8, 4) is 0 Å². The van der Waals surface area contributed by atoms with E-state index >= 15 is 0 Å². The molecule has 0 aliphatic carbocycles. The Kier molecular flexibility index (Phi) is 3.84. The summed E-state index contributed by atoms with van der Waals surface area (Å²) in [6.07, 6.45) is 1.54. The Morgan fingerprint density at radius 3 is 2.65 bits per heavy atom. The maximum absolute atomic E-state index is 12.0. The van der Waals surface area contributed by atoms with E-state index in [0.717, 1.165) is 11.3 Å². The number of carbonyl (C=O) groups excluding carboxylic acids is 2. The van der Waals surface area contributed by atoms with Gasteiger partial charge in [0.15, 0.2) is 5.13 Å². The maximum atomic E-state index is 12.0. The lowest BCUT2D eigenvalue weighted by molar-refractivity contribution is 0.0831. The highest BCUT2D eigenvalue weighted by molar-refractivity contribution is 7.17. The van der Waals surface area contributed by atoms with Crippen molar-refractivity contribution < 1.29 is 9.59 Å². The van der Waals surface area contributed by atoms with Gasteiger partial charge < -0.3 is 4.90 Å². The van der Waals surface area contributed by atoms with E-state index in [9.17, 15) is 9.59 Å². The van der Waals surface area contributed by atoms with Crippen LogP contribution in [-0.4, -0.2) is 45.6 Å². The Balaban J connectivity index is 2.19. The fourth-order valence-electron chi connectivity index (χ4n) is 1.61. The lowest BCUT2D eigenvalue weighted by Gasteiger charge is -2.07. The molecule has 0 fully saturated rings. The van der Waals surface area contributed by atoms with Crippen molar-refractivity contribution in [1.82, 2.24) is 19.7 Å². The zero-order valence-corrected chi connectivity index (χ0v) is 12.5. The van der Waals surface area contributed by atoms with Crippen molar-refractivity contribution in [3.05, 3.63) is 28.5 Å². The van der Waals surface area contributed by atoms with E-state index in [4.69, 9.17) is 0 Å². The van der Waals surface area contributed by atoms with E-state index in [1.807, 2.05) is 0 Å². The van der Waals surface area contributed by atoms with Gasteiger partial charge in [0.2, 0.25) is 0 Å². The van der Waals surface area contributed by atoms with Crippen LogP contribution in [0.25, 0.3) is 0 Å². The first-order chi connectivity index (χ1) is 9.40. The largest absolute Gasteiger partial charge is 0.344 e. The van der Waals surface area contributed by atoms with Gasteiger partial charge >= 0.3 is 0 Å². The van der Waals surface area contributed by atoms with Crippen LogP contribution >= 0.6 is 11.3 Å². The monoisotopic (exact) mass is 293 g/mol. The average molecular weight is 293 g/mol. The molecule has 0 bridgehead atoms. The number of thiazole rings is 1. The predicted octanol–water partition coefficient (Wildman–Crippen LogP) is 1.14. The van der Waals surface area contributed by atoms with E-state index in [1.165, 1.54) is 9.58 Å². The minimum absolute atomic E-state index is 0.124. The third-order valence-electron chi connectivity index (χ3n) is 2.67. The molecular weight excluding hydrogens is 278 g/mol. The summed E-state index contributed by atoms with van der Waals surface area (Å²) in [5.41, 5.74) is 1.03. The third kappa shape index (κ3) is 2.69. The van der Waals surface area contributed by atoms with E-state index in [2.05, 4.69) is 15.4 Å². The molecule has 0 spiro atoms. The van der Waals surface area contributed by atoms with Crippen molar-refractivity contribution in [2.45, 2.75) is 6.92 Å². The molecule has 2 aromatic rings. The Morgan fingerprint density at radius 2 is 2.10 bits per heavy atom. The highest BCUT2D eigenvalue weighted by Gasteiger charge is 2.19. The predicted molar refractivity (Wildman–Crippen MR) is 76.0 cm³/mol. The van der Waals surface area contributed by atoms with Crippen LogP contribution in [0.2, 0.25) is 0 Å². The summed E-state index contributed by atoms with van der Waals surface area (Å²) in [7, 11) is 5.04. The molecule has 20 heavy (non-hydrogen) atoms. The summed E-state index contributed by atoms with van der Waals surface area (Å²) >= 11 is 1.16. The molecule has 0 unspecified atom stereocenters. The van der Waals surface area contributed by atoms with Crippen LogP contribution in [0.5, 0.6) is 0 Å². The van der Waals surface area contributed by atoms with Gasteiger partial charge in [-0.25, -0.2) is 4.98 Å². The number of aromatic nitrogens is 3. The number of nitrogens with zero attached hydrogens (tertiary/aromatic N) is 4. The van der Waals surface area contributed by atoms with Gasteiger partial charge in [0, 0.05) is 27.3 Å². The molecule has 0 atom stereocenters. The molecule has 2 aromatic heterocycles. The number of carbonyl (C=O) groups is 2. The number of aryl methyl sites for hydroxylation is 2. The molecule has 0 aromatic carbocycles. The van der Waals surface area contributed by atoms with Crippen molar-refractivity contribution in [1.29, 1.82) is 0 Å². The number of anilines is 1. The van der Waals surface area contributed by atoms with Crippen molar-refractivity contribution in [2.24, 2.45) is 7.05 Å². The van der Waals surface area contributed by atoms with Crippen LogP contribution in [0.4, 0.5) is 5.13 Å². The number of nitrogens with one attached hydrogen (secondary N) is 1. The second kappa shape index (κ2) is 5.41. The molecule has 106 valence electrons. The molecule has 2 heterocycles. The lowest BCUT2D eigenvalue weighted by atomic mass is 10.3. The van der Waals surface area contributed by atoms with Crippen molar-refractivity contribution in [3.63, 3.8) is 0 Å². The summed E-state index contributed by atoms with van der Waals surface area (Å²) in [6, 6.07) is 1.61. The molecule has 8 heteroatoms. The quantitative estimate of drug-likeness (QED) is 0.920. The van der Waals surface area contributed by atoms with E-state index in [0.29, 0.717) is 21.4 Å². The molecule has 0 radical (unpaired) electrons. The van der Waals surface area contributed by atoms with Gasteiger partial charge in [-0.2, -0.15) is 5.10 Å². The molecular formula is C12H15N5O2S. The number of hydrogen-bond donors (Lipinski definition) is 1. The summed E-state index contributed by atoms with van der Waals surface area (Å²) in [5, 5.41) is 7.01. The molecule has 0 aliphatic rings. The summed E-state index contributed by atoms with van der Waals surface area (Å²) in [5.74, 6) is -0.427. The Hall–Kier alpha value is -2.22. The topological polar surface area (TPSA) is 80.1 Å². The molecule has 2 amide bonds. The first-order valence-electron chi connectivity index (χ1n) is 5.88. The maximum Gasteiger partial charge on any atom is 0.275 e. The van der Waals surface area contributed by atoms with Crippen LogP contribution in [0.3, 0.4) is 0 Å². The SMILES string of the molecule is Cc1nc(NC(=O)c2ccnn2C)sc1C(=O)N(C)C. The first kappa shape index (κ1) is 14.2. The zero-order chi connectivity index (χ0) is 14.9. The lowest BCUT2D eigenvalue weighted by Crippen LogP contribution is -2.21. The van der Waals surface area contributed by atoms with Gasteiger partial charge in [0.25, 0.3) is 11.8 Å². The third-order valence-corrected chi connectivity index (χ3v) is 3.73. The average Bonchev–Trinajstić information content (AvgIpc) is 2.94. The second-order valence-corrected chi connectivity index (χ2v) is 5.43. The molecule has 0 aliphatic heterocycles. The first-order valence-corrected chi connectivity index (χ1v) is 6.70. The minimum Gasteiger partial charge on any atom is -0.344 e. The van der Waals surface area contributed by atoms with Crippen LogP contribution in [-0.2, 0) is 7.05 Å². The smallest absolute Gasteiger partial charge is 0.275 e. The fraction of sp³-hybridized carbons (Fsp3) is 0.333. The molecule has 0 saturated heterocycles. The van der Waals surface area contributed by atoms with Gasteiger partial charge in [-0.15, -0.1) is 0 Å². The number of rotatable bonds is 3. The number of amides is 2. The van der Waals surface area contributed by atoms with Crippen molar-refractivity contribution in [2.75, 3.05) is 19.4 Å². The molecule has 1 N–H and O–H groups in total. The van der Waals surface area contributed by atoms with Crippen LogP contribution in [0.15, 0.2) is 12.3 Å². The molecule has 0 saturated carbocycles. The van der Waals surface area contributed by atoms with Crippen LogP contribution in [0, 0.1) is 6.92 Å². The fourth-order valence-corrected chi connectivity index (χ4v) is 2.59. The highest BCUT2D eigenvalue weighted by Crippen LogP contribution is 2.23. The standard InChI is InChI=1S/C12H15N5O2S/c1-7-9(11(19)16(2)3)20-12(14-7)15-10(18)8-5-6-13-17(8)4/h5-6H,1-4H3,(H,14,15,18). The second-order valence-electron chi connectivity index (χ2n) is 4.43. The van der Waals surface area contributed by atoms with Gasteiger partial charge in [-0.3, -0.25) is 19.6 Å². The Morgan fingerprint density at radius 1 is 1.40 bits per heavy atom. The molecule has 7 nitrogen and oxygen atoms in total. The highest BCUT2D eigenvalue weighted by atomic mass is 32.1. The summed E-state index contributed by atoms with van der Waals surface area (Å²) in [4.78, 5) is 30.1. The number of hydrogen-bond acceptors (Lipinski definition) is 5. The van der Waals surface area contributed by atoms with Gasteiger partial charge in [0.05, 0.1) is 5.69 Å². The molecule has 2 rings (SSSR count). The Labute approximate surface area is 120 Å². The van der Waals surface area contributed by atoms with Crippen molar-refractivity contribution >= 4 is 28.3 Å². The van der Waals surface area contributed by atoms with Gasteiger partial charge in [-0.1, -0.05) is 11.3 Å². The van der Waals surface area contributed by atoms with Gasteiger partial charge in [0.1, 0.15) is 10.6 Å². The van der Waals surface area contributed by atoms with E-state index < -0.39 is 0 Å². The summed E-state index contributed by atoms with van der Waals surface area (Å²) < 4.78 is 1.47. The van der Waals surface area contributed by atoms with E-state index in [-0.39, 0.29) is 11.8 Å². The van der Waals surface area contributed by atoms with Crippen LogP contribution in [0.1, 0.15) is 25.9 Å². The zero-order valence-electron chi connectivity index (χ0n) is 11.7. The summed E-state index contributed by atoms with van der Waals surface area (Å²) in [6.45, 7) is 1.74. The normalized spacial score (nSPS) is 10.4. The Bertz CT molecular complexity index is 659. The van der Waals surface area contributed by atoms with Crippen LogP contribution < -0.4 is 5.32 Å². The minimum atomic E-state index is -0.303. The van der Waals surface area contributed by atoms with E-state index in [1.54, 1.807) is 40.3 Å².